The summed E-state index contributed by atoms with van der Waals surface area (Å²) in [4.78, 5) is 12.0. The lowest BCUT2D eigenvalue weighted by Crippen LogP contribution is -2.10. The van der Waals surface area contributed by atoms with E-state index < -0.39 is 0 Å². The molecule has 0 amide bonds. The van der Waals surface area contributed by atoms with Gasteiger partial charge in [0.2, 0.25) is 0 Å². The molecule has 0 unspecified atom stereocenters. The number of hydrogen-bond acceptors (Lipinski definition) is 1. The fourth-order valence-corrected chi connectivity index (χ4v) is 2.29. The fraction of sp³-hybridized carbons (Fsp3) is 0.615. The van der Waals surface area contributed by atoms with Crippen molar-refractivity contribution in [2.75, 3.05) is 0 Å². The first-order valence-electron chi connectivity index (χ1n) is 5.81. The van der Waals surface area contributed by atoms with Crippen molar-refractivity contribution in [3.8, 4) is 0 Å². The van der Waals surface area contributed by atoms with Crippen LogP contribution in [0.25, 0.3) is 0 Å². The highest BCUT2D eigenvalue weighted by molar-refractivity contribution is 6.08. The number of ketones is 1. The summed E-state index contributed by atoms with van der Waals surface area (Å²) in [6, 6.07) is 0. The Bertz CT molecular complexity index is 256. The van der Waals surface area contributed by atoms with Crippen LogP contribution in [0.15, 0.2) is 23.3 Å². The molecule has 1 nitrogen and oxygen atoms in total. The summed E-state index contributed by atoms with van der Waals surface area (Å²) in [5, 5.41) is 0. The number of Topliss-reactive ketones (excluding diaryl/α,β-unsaturated/α-hetero) is 1. The van der Waals surface area contributed by atoms with Gasteiger partial charge in [-0.05, 0) is 62.5 Å². The summed E-state index contributed by atoms with van der Waals surface area (Å²) < 4.78 is 0. The van der Waals surface area contributed by atoms with E-state index in [-0.39, 0.29) is 0 Å². The molecule has 0 bridgehead atoms. The first-order chi connectivity index (χ1) is 6.88. The molecule has 76 valence electrons. The minimum absolute atomic E-state index is 0.351. The van der Waals surface area contributed by atoms with Crippen molar-refractivity contribution >= 4 is 5.78 Å². The molecule has 0 aliphatic heterocycles. The Morgan fingerprint density at radius 1 is 0.857 bits per heavy atom. The van der Waals surface area contributed by atoms with E-state index in [1.165, 1.54) is 25.7 Å². The zero-order valence-electron chi connectivity index (χ0n) is 8.72. The molecule has 0 N–H and O–H groups in total. The van der Waals surface area contributed by atoms with E-state index in [0.717, 1.165) is 36.8 Å². The van der Waals surface area contributed by atoms with Crippen LogP contribution in [0.4, 0.5) is 0 Å². The van der Waals surface area contributed by atoms with Crippen LogP contribution in [0.1, 0.15) is 51.4 Å². The molecule has 2 rings (SSSR count). The second-order valence-electron chi connectivity index (χ2n) is 4.28. The van der Waals surface area contributed by atoms with Crippen LogP contribution in [0, 0.1) is 0 Å². The van der Waals surface area contributed by atoms with Gasteiger partial charge in [0.1, 0.15) is 0 Å². The Labute approximate surface area is 85.9 Å². The van der Waals surface area contributed by atoms with E-state index in [1.54, 1.807) is 0 Å². The lowest BCUT2D eigenvalue weighted by molar-refractivity contribution is -0.112. The van der Waals surface area contributed by atoms with Crippen molar-refractivity contribution in [1.82, 2.24) is 0 Å². The minimum Gasteiger partial charge on any atom is -0.289 e. The van der Waals surface area contributed by atoms with Crippen molar-refractivity contribution in [1.29, 1.82) is 0 Å². The Balaban J connectivity index is 2.06. The summed E-state index contributed by atoms with van der Waals surface area (Å²) >= 11 is 0. The number of hydrogen-bond donors (Lipinski definition) is 0. The third kappa shape index (κ3) is 2.14. The molecule has 0 saturated carbocycles. The van der Waals surface area contributed by atoms with Gasteiger partial charge in [0.15, 0.2) is 5.78 Å². The predicted molar refractivity (Wildman–Crippen MR) is 58.1 cm³/mol. The molecule has 0 saturated heterocycles. The van der Waals surface area contributed by atoms with Gasteiger partial charge in [-0.15, -0.1) is 0 Å². The summed E-state index contributed by atoms with van der Waals surface area (Å²) in [6.07, 6.45) is 13.5. The molecule has 0 atom stereocenters. The number of carbonyl (C=O) groups is 1. The molecule has 14 heavy (non-hydrogen) atoms. The number of carbonyl (C=O) groups excluding carboxylic acids is 1. The van der Waals surface area contributed by atoms with Gasteiger partial charge in [-0.3, -0.25) is 4.79 Å². The van der Waals surface area contributed by atoms with Gasteiger partial charge in [-0.1, -0.05) is 12.2 Å². The van der Waals surface area contributed by atoms with Gasteiger partial charge >= 0.3 is 0 Å². The van der Waals surface area contributed by atoms with E-state index in [9.17, 15) is 4.79 Å². The van der Waals surface area contributed by atoms with Crippen molar-refractivity contribution in [2.24, 2.45) is 0 Å². The molecular formula is C13H18O. The van der Waals surface area contributed by atoms with E-state index >= 15 is 0 Å². The summed E-state index contributed by atoms with van der Waals surface area (Å²) in [7, 11) is 0. The van der Waals surface area contributed by atoms with Gasteiger partial charge in [0.25, 0.3) is 0 Å². The Morgan fingerprint density at radius 3 is 1.71 bits per heavy atom. The van der Waals surface area contributed by atoms with Crippen LogP contribution >= 0.6 is 0 Å². The highest BCUT2D eigenvalue weighted by Gasteiger charge is 2.17. The molecule has 0 aromatic carbocycles. The Kier molecular flexibility index (Phi) is 3.18. The van der Waals surface area contributed by atoms with Gasteiger partial charge in [0.05, 0.1) is 0 Å². The Morgan fingerprint density at radius 2 is 1.36 bits per heavy atom. The second-order valence-corrected chi connectivity index (χ2v) is 4.28. The standard InChI is InChI=1S/C13H18O/c14-13(11-7-3-1-4-8-11)12-9-5-2-6-10-12/h7,9H,1-6,8,10H2. The van der Waals surface area contributed by atoms with E-state index in [4.69, 9.17) is 0 Å². The van der Waals surface area contributed by atoms with Gasteiger partial charge < -0.3 is 0 Å². The van der Waals surface area contributed by atoms with Gasteiger partial charge in [-0.25, -0.2) is 0 Å². The largest absolute Gasteiger partial charge is 0.289 e. The van der Waals surface area contributed by atoms with E-state index in [0.29, 0.717) is 5.78 Å². The molecule has 2 aliphatic rings. The minimum atomic E-state index is 0.351. The Hall–Kier alpha value is -0.850. The third-order valence-electron chi connectivity index (χ3n) is 3.17. The number of rotatable bonds is 2. The fourth-order valence-electron chi connectivity index (χ4n) is 2.29. The first kappa shape index (κ1) is 9.70. The lowest BCUT2D eigenvalue weighted by Gasteiger charge is -2.16. The molecule has 2 aliphatic carbocycles. The van der Waals surface area contributed by atoms with Crippen molar-refractivity contribution in [3.63, 3.8) is 0 Å². The first-order valence-corrected chi connectivity index (χ1v) is 5.81. The molecule has 0 fully saturated rings. The topological polar surface area (TPSA) is 17.1 Å². The van der Waals surface area contributed by atoms with Crippen LogP contribution < -0.4 is 0 Å². The van der Waals surface area contributed by atoms with E-state index in [1.807, 2.05) is 0 Å². The maximum absolute atomic E-state index is 12.0. The van der Waals surface area contributed by atoms with Crippen LogP contribution in [-0.2, 0) is 4.79 Å². The van der Waals surface area contributed by atoms with Crippen molar-refractivity contribution in [3.05, 3.63) is 23.3 Å². The molecule has 0 aromatic rings. The summed E-state index contributed by atoms with van der Waals surface area (Å²) in [5.74, 6) is 0.351. The molecule has 0 radical (unpaired) electrons. The zero-order valence-corrected chi connectivity index (χ0v) is 8.72. The van der Waals surface area contributed by atoms with Crippen LogP contribution in [-0.4, -0.2) is 5.78 Å². The van der Waals surface area contributed by atoms with Crippen molar-refractivity contribution in [2.45, 2.75) is 51.4 Å². The highest BCUT2D eigenvalue weighted by Crippen LogP contribution is 2.25. The predicted octanol–water partition coefficient (Wildman–Crippen LogP) is 3.56. The monoisotopic (exact) mass is 190 g/mol. The maximum Gasteiger partial charge on any atom is 0.184 e. The molecule has 0 heterocycles. The van der Waals surface area contributed by atoms with Crippen molar-refractivity contribution < 1.29 is 4.79 Å². The second kappa shape index (κ2) is 4.59. The molecular weight excluding hydrogens is 172 g/mol. The quantitative estimate of drug-likeness (QED) is 0.650. The van der Waals surface area contributed by atoms with Crippen LogP contribution in [0.5, 0.6) is 0 Å². The average Bonchev–Trinajstić information content (AvgIpc) is 2.30. The average molecular weight is 190 g/mol. The zero-order chi connectivity index (χ0) is 9.80. The third-order valence-corrected chi connectivity index (χ3v) is 3.17. The molecule has 0 aromatic heterocycles. The van der Waals surface area contributed by atoms with Crippen LogP contribution in [0.2, 0.25) is 0 Å². The van der Waals surface area contributed by atoms with Crippen LogP contribution in [0.3, 0.4) is 0 Å². The van der Waals surface area contributed by atoms with Gasteiger partial charge in [0, 0.05) is 0 Å². The van der Waals surface area contributed by atoms with E-state index in [2.05, 4.69) is 12.2 Å². The highest BCUT2D eigenvalue weighted by atomic mass is 16.1. The molecule has 1 heteroatoms. The smallest absolute Gasteiger partial charge is 0.184 e. The normalized spacial score (nSPS) is 22.6. The number of allylic oxidation sites excluding steroid dienone is 4. The summed E-state index contributed by atoms with van der Waals surface area (Å²) in [6.45, 7) is 0. The maximum atomic E-state index is 12.0. The molecule has 0 spiro atoms. The lowest BCUT2D eigenvalue weighted by atomic mass is 9.88. The van der Waals surface area contributed by atoms with Gasteiger partial charge in [-0.2, -0.15) is 0 Å². The summed E-state index contributed by atoms with van der Waals surface area (Å²) in [5.41, 5.74) is 2.17. The SMILES string of the molecule is O=C(C1=CCCCC1)C1=CCCCC1.